The van der Waals surface area contributed by atoms with Gasteiger partial charge >= 0.3 is 12.1 Å². The van der Waals surface area contributed by atoms with Gasteiger partial charge in [-0.25, -0.2) is 4.79 Å². The summed E-state index contributed by atoms with van der Waals surface area (Å²) in [5.74, 6) is -1.02. The van der Waals surface area contributed by atoms with Crippen LogP contribution in [0.4, 0.5) is 18.9 Å². The molecule has 3 rings (SSSR count). The molecule has 1 aliphatic heterocycles. The Morgan fingerprint density at radius 3 is 2.61 bits per heavy atom. The van der Waals surface area contributed by atoms with Crippen LogP contribution in [0.3, 0.4) is 0 Å². The molecule has 1 aliphatic rings. The van der Waals surface area contributed by atoms with Crippen LogP contribution in [0.2, 0.25) is 5.02 Å². The second-order valence-corrected chi connectivity index (χ2v) is 6.14. The van der Waals surface area contributed by atoms with E-state index in [9.17, 15) is 22.8 Å². The highest BCUT2D eigenvalue weighted by Crippen LogP contribution is 2.36. The van der Waals surface area contributed by atoms with E-state index in [1.807, 2.05) is 0 Å². The van der Waals surface area contributed by atoms with E-state index in [2.05, 4.69) is 5.32 Å². The van der Waals surface area contributed by atoms with Gasteiger partial charge in [-0.2, -0.15) is 13.2 Å². The number of halogens is 4. The molecule has 28 heavy (non-hydrogen) atoms. The van der Waals surface area contributed by atoms with Crippen molar-refractivity contribution in [1.29, 1.82) is 0 Å². The number of carbonyl (C=O) groups excluding carboxylic acids is 2. The van der Waals surface area contributed by atoms with Crippen LogP contribution in [0.5, 0.6) is 11.5 Å². The number of para-hydroxylation sites is 2. The SMILES string of the molecule is O=C(COC(=O)C1COc2ccccc2O1)Nc1ccc(Cl)cc1C(F)(F)F. The molecule has 0 saturated carbocycles. The summed E-state index contributed by atoms with van der Waals surface area (Å²) >= 11 is 5.58. The van der Waals surface area contributed by atoms with Crippen LogP contribution in [0.1, 0.15) is 5.56 Å². The summed E-state index contributed by atoms with van der Waals surface area (Å²) in [7, 11) is 0. The van der Waals surface area contributed by atoms with Gasteiger partial charge in [0.25, 0.3) is 5.91 Å². The summed E-state index contributed by atoms with van der Waals surface area (Å²) in [6.07, 6.45) is -5.81. The van der Waals surface area contributed by atoms with Gasteiger partial charge in [-0.05, 0) is 30.3 Å². The molecule has 148 valence electrons. The fourth-order valence-corrected chi connectivity index (χ4v) is 2.58. The molecule has 10 heteroatoms. The fraction of sp³-hybridized carbons (Fsp3) is 0.222. The van der Waals surface area contributed by atoms with E-state index in [1.54, 1.807) is 24.3 Å². The van der Waals surface area contributed by atoms with Crippen LogP contribution in [0.15, 0.2) is 42.5 Å². The lowest BCUT2D eigenvalue weighted by Crippen LogP contribution is -2.39. The lowest BCUT2D eigenvalue weighted by Gasteiger charge is -2.24. The lowest BCUT2D eigenvalue weighted by atomic mass is 10.1. The van der Waals surface area contributed by atoms with Gasteiger partial charge in [-0.3, -0.25) is 4.79 Å². The zero-order valence-electron chi connectivity index (χ0n) is 14.1. The minimum Gasteiger partial charge on any atom is -0.485 e. The first-order chi connectivity index (χ1) is 13.2. The summed E-state index contributed by atoms with van der Waals surface area (Å²) < 4.78 is 54.7. The number of nitrogens with one attached hydrogen (secondary N) is 1. The number of rotatable bonds is 4. The van der Waals surface area contributed by atoms with E-state index < -0.39 is 42.0 Å². The van der Waals surface area contributed by atoms with Crippen molar-refractivity contribution in [3.63, 3.8) is 0 Å². The summed E-state index contributed by atoms with van der Waals surface area (Å²) in [5.41, 5.74) is -1.61. The van der Waals surface area contributed by atoms with E-state index in [-0.39, 0.29) is 11.6 Å². The minimum atomic E-state index is -4.72. The number of ether oxygens (including phenoxy) is 3. The van der Waals surface area contributed by atoms with Gasteiger partial charge < -0.3 is 19.5 Å². The van der Waals surface area contributed by atoms with Gasteiger partial charge in [0.1, 0.15) is 6.61 Å². The summed E-state index contributed by atoms with van der Waals surface area (Å²) in [6, 6.07) is 9.58. The minimum absolute atomic E-state index is 0.118. The van der Waals surface area contributed by atoms with Gasteiger partial charge in [0, 0.05) is 5.02 Å². The molecule has 1 N–H and O–H groups in total. The van der Waals surface area contributed by atoms with Gasteiger partial charge in [-0.15, -0.1) is 0 Å². The Labute approximate surface area is 162 Å². The molecule has 0 bridgehead atoms. The maximum Gasteiger partial charge on any atom is 0.418 e. The average molecular weight is 416 g/mol. The van der Waals surface area contributed by atoms with Crippen LogP contribution < -0.4 is 14.8 Å². The first-order valence-corrected chi connectivity index (χ1v) is 8.33. The molecule has 1 heterocycles. The maximum absolute atomic E-state index is 13.0. The third-order valence-corrected chi connectivity index (χ3v) is 3.91. The van der Waals surface area contributed by atoms with Crippen molar-refractivity contribution in [2.24, 2.45) is 0 Å². The second-order valence-electron chi connectivity index (χ2n) is 5.71. The molecule has 0 saturated heterocycles. The van der Waals surface area contributed by atoms with E-state index in [1.165, 1.54) is 6.07 Å². The average Bonchev–Trinajstić information content (AvgIpc) is 2.66. The molecule has 1 unspecified atom stereocenters. The quantitative estimate of drug-likeness (QED) is 0.771. The van der Waals surface area contributed by atoms with Crippen molar-refractivity contribution in [3.05, 3.63) is 53.1 Å². The summed E-state index contributed by atoms with van der Waals surface area (Å²) in [4.78, 5) is 23.9. The Bertz CT molecular complexity index is 903. The molecule has 0 aromatic heterocycles. The van der Waals surface area contributed by atoms with Gasteiger partial charge in [0.15, 0.2) is 18.1 Å². The molecule has 1 atom stereocenters. The highest BCUT2D eigenvalue weighted by atomic mass is 35.5. The molecule has 6 nitrogen and oxygen atoms in total. The van der Waals surface area contributed by atoms with Crippen molar-refractivity contribution in [2.45, 2.75) is 12.3 Å². The molecule has 0 spiro atoms. The number of esters is 1. The van der Waals surface area contributed by atoms with E-state index in [4.69, 9.17) is 25.8 Å². The molecule has 2 aromatic rings. The number of benzene rings is 2. The summed E-state index contributed by atoms with van der Waals surface area (Å²) in [5, 5.41) is 1.92. The molecule has 0 radical (unpaired) electrons. The van der Waals surface area contributed by atoms with Crippen LogP contribution >= 0.6 is 11.6 Å². The van der Waals surface area contributed by atoms with E-state index >= 15 is 0 Å². The summed E-state index contributed by atoms with van der Waals surface area (Å²) in [6.45, 7) is -0.910. The lowest BCUT2D eigenvalue weighted by molar-refractivity contribution is -0.156. The van der Waals surface area contributed by atoms with Crippen LogP contribution in [0.25, 0.3) is 0 Å². The van der Waals surface area contributed by atoms with Crippen molar-refractivity contribution in [3.8, 4) is 11.5 Å². The first kappa shape index (κ1) is 19.8. The zero-order chi connectivity index (χ0) is 20.3. The molecule has 1 amide bonds. The van der Waals surface area contributed by atoms with Crippen LogP contribution in [0, 0.1) is 0 Å². The Morgan fingerprint density at radius 2 is 1.89 bits per heavy atom. The molecule has 0 fully saturated rings. The predicted octanol–water partition coefficient (Wildman–Crippen LogP) is 3.68. The number of amides is 1. The number of fused-ring (bicyclic) bond motifs is 1. The molecular weight excluding hydrogens is 403 g/mol. The van der Waals surface area contributed by atoms with Crippen molar-refractivity contribution in [1.82, 2.24) is 0 Å². The van der Waals surface area contributed by atoms with Gasteiger partial charge in [0.2, 0.25) is 6.10 Å². The smallest absolute Gasteiger partial charge is 0.418 e. The molecular formula is C18H13ClF3NO5. The molecule has 0 aliphatic carbocycles. The largest absolute Gasteiger partial charge is 0.485 e. The number of carbonyl (C=O) groups is 2. The first-order valence-electron chi connectivity index (χ1n) is 7.96. The third-order valence-electron chi connectivity index (χ3n) is 3.68. The fourth-order valence-electron chi connectivity index (χ4n) is 2.41. The Hall–Kier alpha value is -2.94. The maximum atomic E-state index is 13.0. The number of hydrogen-bond acceptors (Lipinski definition) is 5. The normalized spacial score (nSPS) is 15.6. The highest BCUT2D eigenvalue weighted by molar-refractivity contribution is 6.30. The van der Waals surface area contributed by atoms with Crippen molar-refractivity contribution in [2.75, 3.05) is 18.5 Å². The van der Waals surface area contributed by atoms with Crippen LogP contribution in [-0.2, 0) is 20.5 Å². The van der Waals surface area contributed by atoms with Gasteiger partial charge in [0.05, 0.1) is 11.3 Å². The Balaban J connectivity index is 1.57. The Morgan fingerprint density at radius 1 is 1.18 bits per heavy atom. The number of hydrogen-bond donors (Lipinski definition) is 1. The third kappa shape index (κ3) is 4.66. The van der Waals surface area contributed by atoms with E-state index in [0.717, 1.165) is 6.07 Å². The topological polar surface area (TPSA) is 73.9 Å². The van der Waals surface area contributed by atoms with Crippen LogP contribution in [-0.4, -0.2) is 31.2 Å². The molecule has 2 aromatic carbocycles. The van der Waals surface area contributed by atoms with Gasteiger partial charge in [-0.1, -0.05) is 23.7 Å². The zero-order valence-corrected chi connectivity index (χ0v) is 14.8. The van der Waals surface area contributed by atoms with E-state index in [0.29, 0.717) is 17.6 Å². The number of anilines is 1. The Kier molecular flexibility index (Phi) is 5.64. The predicted molar refractivity (Wildman–Crippen MR) is 92.4 cm³/mol. The second kappa shape index (κ2) is 7.97. The number of alkyl halides is 3. The highest BCUT2D eigenvalue weighted by Gasteiger charge is 2.34. The van der Waals surface area contributed by atoms with Crippen molar-refractivity contribution >= 4 is 29.2 Å². The monoisotopic (exact) mass is 415 g/mol. The van der Waals surface area contributed by atoms with Crippen molar-refractivity contribution < 1.29 is 37.0 Å². The standard InChI is InChI=1S/C18H13ClF3NO5/c19-10-5-6-12(11(7-10)18(20,21)22)23-16(24)9-27-17(25)15-8-26-13-3-1-2-4-14(13)28-15/h1-7,15H,8-9H2,(H,23,24).